The monoisotopic (exact) mass is 274 g/mol. The number of nitrogens with two attached hydrogens (primary N) is 1. The number of hydrogen-bond acceptors (Lipinski definition) is 4. The lowest BCUT2D eigenvalue weighted by molar-refractivity contribution is -0.123. The van der Waals surface area contributed by atoms with E-state index in [0.717, 1.165) is 5.56 Å². The lowest BCUT2D eigenvalue weighted by Crippen LogP contribution is -2.35. The van der Waals surface area contributed by atoms with Gasteiger partial charge in [0.1, 0.15) is 11.8 Å². The first-order valence-electron chi connectivity index (χ1n) is 6.31. The van der Waals surface area contributed by atoms with Crippen LogP contribution in [-0.4, -0.2) is 20.8 Å². The van der Waals surface area contributed by atoms with Gasteiger partial charge in [0.25, 0.3) is 0 Å². The maximum absolute atomic E-state index is 12.1. The van der Waals surface area contributed by atoms with Gasteiger partial charge >= 0.3 is 0 Å². The normalized spacial score (nSPS) is 13.8. The van der Waals surface area contributed by atoms with Gasteiger partial charge in [-0.2, -0.15) is 5.10 Å². The van der Waals surface area contributed by atoms with E-state index in [0.29, 0.717) is 5.56 Å². The van der Waals surface area contributed by atoms with E-state index in [1.54, 1.807) is 42.3 Å². The number of aryl methyl sites for hydroxylation is 1. The zero-order chi connectivity index (χ0) is 14.7. The molecule has 6 nitrogen and oxygen atoms in total. The maximum atomic E-state index is 12.1. The molecular weight excluding hydrogens is 256 g/mol. The molecule has 0 bridgehead atoms. The minimum Gasteiger partial charge on any atom is -0.508 e. The van der Waals surface area contributed by atoms with Crippen LogP contribution in [0.25, 0.3) is 0 Å². The molecule has 1 amide bonds. The van der Waals surface area contributed by atoms with Gasteiger partial charge in [0.05, 0.1) is 12.2 Å². The summed E-state index contributed by atoms with van der Waals surface area (Å²) < 4.78 is 1.60. The number of nitrogens with one attached hydrogen (secondary N) is 1. The molecule has 106 valence electrons. The Labute approximate surface area is 117 Å². The van der Waals surface area contributed by atoms with Crippen LogP contribution in [0.4, 0.5) is 0 Å². The Kier molecular flexibility index (Phi) is 4.05. The summed E-state index contributed by atoms with van der Waals surface area (Å²) >= 11 is 0. The van der Waals surface area contributed by atoms with E-state index in [-0.39, 0.29) is 17.7 Å². The smallest absolute Gasteiger partial charge is 0.242 e. The largest absolute Gasteiger partial charge is 0.508 e. The summed E-state index contributed by atoms with van der Waals surface area (Å²) in [4.78, 5) is 12.1. The molecule has 0 aliphatic rings. The molecule has 2 atom stereocenters. The van der Waals surface area contributed by atoms with E-state index in [9.17, 15) is 9.90 Å². The number of aromatic nitrogens is 2. The molecule has 4 N–H and O–H groups in total. The highest BCUT2D eigenvalue weighted by Crippen LogP contribution is 2.19. The third-order valence-corrected chi connectivity index (χ3v) is 3.10. The third-order valence-electron chi connectivity index (χ3n) is 3.10. The van der Waals surface area contributed by atoms with E-state index in [2.05, 4.69) is 10.4 Å². The molecule has 1 heterocycles. The Hall–Kier alpha value is -2.34. The van der Waals surface area contributed by atoms with Crippen LogP contribution in [0.15, 0.2) is 36.7 Å². The summed E-state index contributed by atoms with van der Waals surface area (Å²) in [6.45, 7) is 1.84. The molecule has 0 radical (unpaired) electrons. The number of carbonyl (C=O) groups excluding carboxylic acids is 1. The van der Waals surface area contributed by atoms with Crippen molar-refractivity contribution in [2.45, 2.75) is 19.0 Å². The highest BCUT2D eigenvalue weighted by atomic mass is 16.3. The number of amides is 1. The van der Waals surface area contributed by atoms with Crippen molar-refractivity contribution in [3.8, 4) is 5.75 Å². The summed E-state index contributed by atoms with van der Waals surface area (Å²) in [5, 5.41) is 16.2. The molecule has 1 aromatic carbocycles. The zero-order valence-electron chi connectivity index (χ0n) is 11.4. The number of aromatic hydroxyl groups is 1. The predicted molar refractivity (Wildman–Crippen MR) is 74.8 cm³/mol. The van der Waals surface area contributed by atoms with Crippen molar-refractivity contribution in [2.24, 2.45) is 12.8 Å². The van der Waals surface area contributed by atoms with Crippen molar-refractivity contribution >= 4 is 5.91 Å². The third kappa shape index (κ3) is 3.16. The highest BCUT2D eigenvalue weighted by Gasteiger charge is 2.19. The second-order valence-electron chi connectivity index (χ2n) is 4.75. The number of phenolic OH excluding ortho intramolecular Hbond substituents is 1. The topological polar surface area (TPSA) is 93.2 Å². The Bertz CT molecular complexity index is 609. The second-order valence-corrected chi connectivity index (χ2v) is 4.75. The summed E-state index contributed by atoms with van der Waals surface area (Å²) in [6.07, 6.45) is 3.28. The standard InChI is InChI=1S/C14H18N4O2/c1-9(10-4-3-5-12(19)6-10)17-14(20)13(15)11-7-16-18(2)8-11/h3-9,13,19H,15H2,1-2H3,(H,17,20). The van der Waals surface area contributed by atoms with Gasteiger partial charge in [-0.05, 0) is 24.6 Å². The first kappa shape index (κ1) is 14.1. The fraction of sp³-hybridized carbons (Fsp3) is 0.286. The number of hydrogen-bond donors (Lipinski definition) is 3. The SMILES string of the molecule is CC(NC(=O)C(N)c1cnn(C)c1)c1cccc(O)c1. The van der Waals surface area contributed by atoms with Crippen molar-refractivity contribution in [1.82, 2.24) is 15.1 Å². The number of rotatable bonds is 4. The van der Waals surface area contributed by atoms with Crippen LogP contribution in [-0.2, 0) is 11.8 Å². The molecule has 0 saturated carbocycles. The van der Waals surface area contributed by atoms with E-state index < -0.39 is 6.04 Å². The van der Waals surface area contributed by atoms with Gasteiger partial charge in [-0.15, -0.1) is 0 Å². The second kappa shape index (κ2) is 5.75. The maximum Gasteiger partial charge on any atom is 0.242 e. The van der Waals surface area contributed by atoms with Crippen LogP contribution in [0.3, 0.4) is 0 Å². The van der Waals surface area contributed by atoms with Gasteiger partial charge in [-0.3, -0.25) is 9.48 Å². The lowest BCUT2D eigenvalue weighted by Gasteiger charge is -2.17. The molecule has 0 spiro atoms. The fourth-order valence-electron chi connectivity index (χ4n) is 1.93. The summed E-state index contributed by atoms with van der Waals surface area (Å²) in [6, 6.07) is 5.76. The average Bonchev–Trinajstić information content (AvgIpc) is 2.84. The molecule has 0 aliphatic heterocycles. The van der Waals surface area contributed by atoms with E-state index in [4.69, 9.17) is 5.73 Å². The Balaban J connectivity index is 2.04. The van der Waals surface area contributed by atoms with E-state index in [1.807, 2.05) is 13.0 Å². The molecule has 0 aliphatic carbocycles. The molecule has 1 aromatic heterocycles. The van der Waals surface area contributed by atoms with Crippen molar-refractivity contribution in [3.05, 3.63) is 47.8 Å². The van der Waals surface area contributed by atoms with Crippen LogP contribution < -0.4 is 11.1 Å². The number of nitrogens with zero attached hydrogens (tertiary/aromatic N) is 2. The first-order valence-corrected chi connectivity index (χ1v) is 6.31. The molecule has 2 unspecified atom stereocenters. The van der Waals surface area contributed by atoms with Crippen molar-refractivity contribution < 1.29 is 9.90 Å². The van der Waals surface area contributed by atoms with Gasteiger partial charge in [0.15, 0.2) is 0 Å². The van der Waals surface area contributed by atoms with Crippen LogP contribution in [0.5, 0.6) is 5.75 Å². The predicted octanol–water partition coefficient (Wildman–Crippen LogP) is 1.00. The van der Waals surface area contributed by atoms with Gasteiger partial charge < -0.3 is 16.2 Å². The highest BCUT2D eigenvalue weighted by molar-refractivity contribution is 5.83. The van der Waals surface area contributed by atoms with Crippen molar-refractivity contribution in [2.75, 3.05) is 0 Å². The summed E-state index contributed by atoms with van der Waals surface area (Å²) in [7, 11) is 1.77. The molecule has 2 rings (SSSR count). The van der Waals surface area contributed by atoms with Crippen LogP contribution >= 0.6 is 0 Å². The zero-order valence-corrected chi connectivity index (χ0v) is 11.4. The molecular formula is C14H18N4O2. The molecule has 0 saturated heterocycles. The van der Waals surface area contributed by atoms with Gasteiger partial charge in [0.2, 0.25) is 5.91 Å². The van der Waals surface area contributed by atoms with Crippen molar-refractivity contribution in [3.63, 3.8) is 0 Å². The van der Waals surface area contributed by atoms with E-state index in [1.165, 1.54) is 0 Å². The van der Waals surface area contributed by atoms with Gasteiger partial charge in [-0.25, -0.2) is 0 Å². The van der Waals surface area contributed by atoms with Crippen molar-refractivity contribution in [1.29, 1.82) is 0 Å². The first-order chi connectivity index (χ1) is 9.47. The van der Waals surface area contributed by atoms with Crippen LogP contribution in [0, 0.1) is 0 Å². The van der Waals surface area contributed by atoms with Gasteiger partial charge in [0, 0.05) is 18.8 Å². The minimum atomic E-state index is -0.761. The number of carbonyl (C=O) groups is 1. The van der Waals surface area contributed by atoms with Gasteiger partial charge in [-0.1, -0.05) is 12.1 Å². The average molecular weight is 274 g/mol. The molecule has 0 fully saturated rings. The lowest BCUT2D eigenvalue weighted by atomic mass is 10.1. The minimum absolute atomic E-state index is 0.167. The molecule has 6 heteroatoms. The van der Waals surface area contributed by atoms with Crippen LogP contribution in [0.2, 0.25) is 0 Å². The summed E-state index contributed by atoms with van der Waals surface area (Å²) in [5.74, 6) is -0.117. The molecule has 20 heavy (non-hydrogen) atoms. The molecule has 2 aromatic rings. The Morgan fingerprint density at radius 1 is 1.45 bits per heavy atom. The fourth-order valence-corrected chi connectivity index (χ4v) is 1.93. The Morgan fingerprint density at radius 3 is 2.80 bits per heavy atom. The Morgan fingerprint density at radius 2 is 2.20 bits per heavy atom. The number of benzene rings is 1. The number of phenols is 1. The quantitative estimate of drug-likeness (QED) is 0.775. The summed E-state index contributed by atoms with van der Waals surface area (Å²) in [5.41, 5.74) is 7.37. The van der Waals surface area contributed by atoms with Crippen LogP contribution in [0.1, 0.15) is 30.1 Å². The van der Waals surface area contributed by atoms with E-state index >= 15 is 0 Å².